The van der Waals surface area contributed by atoms with Crippen molar-refractivity contribution < 1.29 is 0 Å². The van der Waals surface area contributed by atoms with Crippen molar-refractivity contribution in [3.05, 3.63) is 36.7 Å². The zero-order chi connectivity index (χ0) is 7.40. The lowest BCUT2D eigenvalue weighted by atomic mass is 10.0. The molecule has 10 heavy (non-hydrogen) atoms. The first-order chi connectivity index (χ1) is 4.83. The third kappa shape index (κ3) is 1.76. The number of hydrogen-bond acceptors (Lipinski definition) is 1. The number of nitrogens with one attached hydrogen (secondary N) is 1. The molecule has 1 heteroatoms. The van der Waals surface area contributed by atoms with Gasteiger partial charge in [-0.15, -0.1) is 0 Å². The van der Waals surface area contributed by atoms with E-state index in [1.165, 1.54) is 0 Å². The van der Waals surface area contributed by atoms with E-state index in [4.69, 9.17) is 0 Å². The van der Waals surface area contributed by atoms with Crippen molar-refractivity contribution in [1.82, 2.24) is 5.32 Å². The summed E-state index contributed by atoms with van der Waals surface area (Å²) in [6.45, 7) is 5.79. The molecule has 0 amide bonds. The lowest BCUT2D eigenvalue weighted by Crippen LogP contribution is -2.05. The lowest BCUT2D eigenvalue weighted by Gasteiger charge is -2.10. The molecule has 1 N–H and O–H groups in total. The molecule has 0 bridgehead atoms. The molecule has 0 fully saturated rings. The van der Waals surface area contributed by atoms with Gasteiger partial charge in [-0.05, 0) is 24.6 Å². The zero-order valence-corrected chi connectivity index (χ0v) is 6.30. The quantitative estimate of drug-likeness (QED) is 0.612. The van der Waals surface area contributed by atoms with Gasteiger partial charge in [0.25, 0.3) is 0 Å². The summed E-state index contributed by atoms with van der Waals surface area (Å²) in [4.78, 5) is 0. The van der Waals surface area contributed by atoms with Crippen molar-refractivity contribution in [3.8, 4) is 0 Å². The maximum atomic E-state index is 3.59. The first-order valence-electron chi connectivity index (χ1n) is 3.58. The van der Waals surface area contributed by atoms with E-state index < -0.39 is 0 Å². The highest BCUT2D eigenvalue weighted by atomic mass is 14.8. The predicted octanol–water partition coefficient (Wildman–Crippen LogP) is 2.20. The minimum atomic E-state index is 0.690. The summed E-state index contributed by atoms with van der Waals surface area (Å²) in [7, 11) is 0. The van der Waals surface area contributed by atoms with Crippen LogP contribution in [0.2, 0.25) is 0 Å². The average molecular weight is 135 g/mol. The molecule has 0 heterocycles. The molecule has 1 rings (SSSR count). The number of allylic oxidation sites excluding steroid dienone is 3. The molecule has 0 spiro atoms. The van der Waals surface area contributed by atoms with Crippen LogP contribution in [0.25, 0.3) is 0 Å². The van der Waals surface area contributed by atoms with Crippen LogP contribution in [0, 0.1) is 5.92 Å². The molecule has 1 aliphatic rings. The van der Waals surface area contributed by atoms with Crippen LogP contribution >= 0.6 is 0 Å². The van der Waals surface area contributed by atoms with Gasteiger partial charge in [0.15, 0.2) is 0 Å². The van der Waals surface area contributed by atoms with E-state index in [2.05, 4.69) is 37.0 Å². The molecule has 0 radical (unpaired) electrons. The van der Waals surface area contributed by atoms with Crippen LogP contribution in [0.5, 0.6) is 0 Å². The zero-order valence-electron chi connectivity index (χ0n) is 6.30. The van der Waals surface area contributed by atoms with Gasteiger partial charge < -0.3 is 5.32 Å². The van der Waals surface area contributed by atoms with Crippen molar-refractivity contribution in [3.63, 3.8) is 0 Å². The molecule has 0 aliphatic heterocycles. The molecule has 54 valence electrons. The molecule has 0 saturated heterocycles. The van der Waals surface area contributed by atoms with Gasteiger partial charge in [0.2, 0.25) is 0 Å². The third-order valence-electron chi connectivity index (χ3n) is 1.58. The van der Waals surface area contributed by atoms with Crippen LogP contribution in [0.15, 0.2) is 36.7 Å². The van der Waals surface area contributed by atoms with Gasteiger partial charge in [-0.1, -0.05) is 25.7 Å². The Morgan fingerprint density at radius 1 is 1.80 bits per heavy atom. The van der Waals surface area contributed by atoms with Crippen molar-refractivity contribution in [2.75, 3.05) is 0 Å². The Labute approximate surface area is 62.1 Å². The minimum absolute atomic E-state index is 0.690. The summed E-state index contributed by atoms with van der Waals surface area (Å²) in [5.41, 5.74) is 1.16. The Kier molecular flexibility index (Phi) is 2.32. The number of rotatable bonds is 2. The molecule has 1 aliphatic carbocycles. The largest absolute Gasteiger partial charge is 0.363 e. The minimum Gasteiger partial charge on any atom is -0.363 e. The van der Waals surface area contributed by atoms with Crippen molar-refractivity contribution in [1.29, 1.82) is 0 Å². The maximum Gasteiger partial charge on any atom is 0.0336 e. The molecule has 1 atom stereocenters. The topological polar surface area (TPSA) is 12.0 Å². The summed E-state index contributed by atoms with van der Waals surface area (Å²) in [5.74, 6) is 0.690. The van der Waals surface area contributed by atoms with Crippen LogP contribution in [-0.4, -0.2) is 0 Å². The fraction of sp³-hybridized carbons (Fsp3) is 0.333. The average Bonchev–Trinajstić information content (AvgIpc) is 1.95. The van der Waals surface area contributed by atoms with Crippen LogP contribution in [-0.2, 0) is 0 Å². The van der Waals surface area contributed by atoms with Crippen molar-refractivity contribution in [2.24, 2.45) is 5.92 Å². The van der Waals surface area contributed by atoms with Crippen molar-refractivity contribution >= 4 is 0 Å². The smallest absolute Gasteiger partial charge is 0.0336 e. The molecular weight excluding hydrogens is 122 g/mol. The van der Waals surface area contributed by atoms with E-state index in [1.807, 2.05) is 0 Å². The van der Waals surface area contributed by atoms with E-state index in [0.717, 1.165) is 12.1 Å². The second-order valence-corrected chi connectivity index (χ2v) is 2.58. The Morgan fingerprint density at radius 3 is 3.10 bits per heavy atom. The van der Waals surface area contributed by atoms with E-state index in [9.17, 15) is 0 Å². The molecule has 1 nitrogen and oxygen atoms in total. The van der Waals surface area contributed by atoms with Crippen LogP contribution < -0.4 is 5.32 Å². The SMILES string of the molecule is C=CNC1=CCC(C)C=C1. The fourth-order valence-electron chi connectivity index (χ4n) is 0.952. The van der Waals surface area contributed by atoms with E-state index in [1.54, 1.807) is 6.20 Å². The first kappa shape index (κ1) is 7.13. The Hall–Kier alpha value is -0.980. The van der Waals surface area contributed by atoms with Gasteiger partial charge in [0, 0.05) is 5.70 Å². The standard InChI is InChI=1S/C9H13N/c1-3-10-9-6-4-8(2)5-7-9/h3-4,6-8,10H,1,5H2,2H3. The highest BCUT2D eigenvalue weighted by molar-refractivity contribution is 5.22. The van der Waals surface area contributed by atoms with Gasteiger partial charge in [0.1, 0.15) is 0 Å². The monoisotopic (exact) mass is 135 g/mol. The number of hydrogen-bond donors (Lipinski definition) is 1. The van der Waals surface area contributed by atoms with E-state index in [-0.39, 0.29) is 0 Å². The molecule has 0 aromatic rings. The highest BCUT2D eigenvalue weighted by Crippen LogP contribution is 2.13. The summed E-state index contributed by atoms with van der Waals surface area (Å²) >= 11 is 0. The van der Waals surface area contributed by atoms with Crippen LogP contribution in [0.3, 0.4) is 0 Å². The Morgan fingerprint density at radius 2 is 2.60 bits per heavy atom. The van der Waals surface area contributed by atoms with E-state index >= 15 is 0 Å². The molecule has 0 aromatic carbocycles. The summed E-state index contributed by atoms with van der Waals surface area (Å²) < 4.78 is 0. The second kappa shape index (κ2) is 3.25. The highest BCUT2D eigenvalue weighted by Gasteiger charge is 2.00. The molecule has 0 aromatic heterocycles. The van der Waals surface area contributed by atoms with Crippen molar-refractivity contribution in [2.45, 2.75) is 13.3 Å². The summed E-state index contributed by atoms with van der Waals surface area (Å²) in [6, 6.07) is 0. The van der Waals surface area contributed by atoms with Gasteiger partial charge in [-0.2, -0.15) is 0 Å². The predicted molar refractivity (Wildman–Crippen MR) is 44.3 cm³/mol. The summed E-state index contributed by atoms with van der Waals surface area (Å²) in [6.07, 6.45) is 9.31. The second-order valence-electron chi connectivity index (χ2n) is 2.58. The van der Waals surface area contributed by atoms with Gasteiger partial charge in [-0.25, -0.2) is 0 Å². The first-order valence-corrected chi connectivity index (χ1v) is 3.58. The lowest BCUT2D eigenvalue weighted by molar-refractivity contribution is 0.724. The van der Waals surface area contributed by atoms with Crippen LogP contribution in [0.4, 0.5) is 0 Å². The van der Waals surface area contributed by atoms with Gasteiger partial charge in [0.05, 0.1) is 0 Å². The normalized spacial score (nSPS) is 23.7. The van der Waals surface area contributed by atoms with Gasteiger partial charge >= 0.3 is 0 Å². The maximum absolute atomic E-state index is 3.59. The molecule has 1 unspecified atom stereocenters. The van der Waals surface area contributed by atoms with Crippen LogP contribution in [0.1, 0.15) is 13.3 Å². The summed E-state index contributed by atoms with van der Waals surface area (Å²) in [5, 5.41) is 3.04. The van der Waals surface area contributed by atoms with Gasteiger partial charge in [-0.3, -0.25) is 0 Å². The Bertz CT molecular complexity index is 177. The molecular formula is C9H13N. The fourth-order valence-corrected chi connectivity index (χ4v) is 0.952. The van der Waals surface area contributed by atoms with E-state index in [0.29, 0.717) is 5.92 Å². The molecule has 0 saturated carbocycles. The Balaban J connectivity index is 2.49. The third-order valence-corrected chi connectivity index (χ3v) is 1.58.